The van der Waals surface area contributed by atoms with E-state index in [-0.39, 0.29) is 11.7 Å². The largest absolute Gasteiger partial charge is 0.497 e. The van der Waals surface area contributed by atoms with Crippen molar-refractivity contribution in [1.82, 2.24) is 0 Å². The second-order valence-corrected chi connectivity index (χ2v) is 5.59. The fourth-order valence-electron chi connectivity index (χ4n) is 2.98. The van der Waals surface area contributed by atoms with E-state index in [0.29, 0.717) is 30.3 Å². The summed E-state index contributed by atoms with van der Waals surface area (Å²) in [5.74, 6) is 1.25. The van der Waals surface area contributed by atoms with Crippen LogP contribution in [0.15, 0.2) is 18.2 Å². The van der Waals surface area contributed by atoms with Gasteiger partial charge in [0.05, 0.1) is 31.5 Å². The molecule has 1 spiro atoms. The predicted octanol–water partition coefficient (Wildman–Crippen LogP) is 2.22. The number of methoxy groups -OCH3 is 1. The molecule has 114 valence electrons. The summed E-state index contributed by atoms with van der Waals surface area (Å²) in [5.41, 5.74) is 0.314. The van der Waals surface area contributed by atoms with Crippen molar-refractivity contribution in [2.45, 2.75) is 31.0 Å². The van der Waals surface area contributed by atoms with Crippen molar-refractivity contribution in [2.24, 2.45) is 0 Å². The van der Waals surface area contributed by atoms with E-state index >= 15 is 0 Å². The van der Waals surface area contributed by atoms with Crippen LogP contribution in [0.2, 0.25) is 0 Å². The lowest BCUT2D eigenvalue weighted by molar-refractivity contribution is -0.112. The molecule has 0 radical (unpaired) electrons. The monoisotopic (exact) mass is 292 g/mol. The van der Waals surface area contributed by atoms with Crippen molar-refractivity contribution >= 4 is 6.29 Å². The molecule has 2 heterocycles. The van der Waals surface area contributed by atoms with Gasteiger partial charge in [-0.3, -0.25) is 4.79 Å². The number of ether oxygens (including phenoxy) is 4. The Morgan fingerprint density at radius 3 is 3.00 bits per heavy atom. The van der Waals surface area contributed by atoms with E-state index in [2.05, 4.69) is 0 Å². The lowest BCUT2D eigenvalue weighted by Gasteiger charge is -2.37. The van der Waals surface area contributed by atoms with Gasteiger partial charge in [0.15, 0.2) is 6.29 Å². The smallest absolute Gasteiger partial charge is 0.153 e. The summed E-state index contributed by atoms with van der Waals surface area (Å²) < 4.78 is 22.5. The minimum atomic E-state index is -0.198. The highest BCUT2D eigenvalue weighted by atomic mass is 16.6. The number of hydrogen-bond acceptors (Lipinski definition) is 5. The van der Waals surface area contributed by atoms with Gasteiger partial charge in [-0.25, -0.2) is 0 Å². The molecule has 0 bridgehead atoms. The number of benzene rings is 1. The molecular formula is C16H20O5. The van der Waals surface area contributed by atoms with Crippen molar-refractivity contribution < 1.29 is 23.7 Å². The highest BCUT2D eigenvalue weighted by Crippen LogP contribution is 2.35. The summed E-state index contributed by atoms with van der Waals surface area (Å²) in [6.07, 6.45) is 3.39. The van der Waals surface area contributed by atoms with Crippen molar-refractivity contribution in [3.8, 4) is 11.5 Å². The van der Waals surface area contributed by atoms with Crippen molar-refractivity contribution in [2.75, 3.05) is 26.9 Å². The molecule has 2 fully saturated rings. The Hall–Kier alpha value is -1.59. The highest BCUT2D eigenvalue weighted by Gasteiger charge is 2.41. The zero-order chi connectivity index (χ0) is 14.7. The molecule has 2 atom stereocenters. The molecule has 0 N–H and O–H groups in total. The lowest BCUT2D eigenvalue weighted by Crippen LogP contribution is -2.44. The Balaban J connectivity index is 1.72. The minimum absolute atomic E-state index is 0.0487. The van der Waals surface area contributed by atoms with Gasteiger partial charge < -0.3 is 18.9 Å². The van der Waals surface area contributed by atoms with E-state index in [1.54, 1.807) is 25.3 Å². The third-order valence-corrected chi connectivity index (χ3v) is 4.15. The van der Waals surface area contributed by atoms with E-state index in [0.717, 1.165) is 32.2 Å². The Labute approximate surface area is 124 Å². The van der Waals surface area contributed by atoms with Crippen LogP contribution in [-0.4, -0.2) is 44.9 Å². The van der Waals surface area contributed by atoms with E-state index in [9.17, 15) is 4.79 Å². The van der Waals surface area contributed by atoms with Gasteiger partial charge in [-0.05, 0) is 18.2 Å². The first-order valence-electron chi connectivity index (χ1n) is 7.26. The van der Waals surface area contributed by atoms with Crippen LogP contribution in [0.1, 0.15) is 29.6 Å². The zero-order valence-corrected chi connectivity index (χ0v) is 12.2. The first-order valence-corrected chi connectivity index (χ1v) is 7.26. The molecule has 2 aliphatic rings. The summed E-state index contributed by atoms with van der Waals surface area (Å²) in [6, 6.07) is 5.28. The molecule has 0 aliphatic carbocycles. The Morgan fingerprint density at radius 2 is 2.29 bits per heavy atom. The minimum Gasteiger partial charge on any atom is -0.497 e. The van der Waals surface area contributed by atoms with Gasteiger partial charge in [0, 0.05) is 25.9 Å². The Bertz CT molecular complexity index is 507. The number of aldehydes is 1. The number of carbonyl (C=O) groups is 1. The second-order valence-electron chi connectivity index (χ2n) is 5.59. The summed E-state index contributed by atoms with van der Waals surface area (Å²) in [4.78, 5) is 11.2. The van der Waals surface area contributed by atoms with E-state index in [1.807, 2.05) is 0 Å². The van der Waals surface area contributed by atoms with Crippen LogP contribution in [0.4, 0.5) is 0 Å². The fraction of sp³-hybridized carbons (Fsp3) is 0.562. The van der Waals surface area contributed by atoms with Gasteiger partial charge >= 0.3 is 0 Å². The topological polar surface area (TPSA) is 54.0 Å². The second kappa shape index (κ2) is 6.03. The van der Waals surface area contributed by atoms with E-state index in [1.165, 1.54) is 0 Å². The van der Waals surface area contributed by atoms with Crippen LogP contribution >= 0.6 is 0 Å². The molecule has 2 aliphatic heterocycles. The van der Waals surface area contributed by atoms with Gasteiger partial charge in [-0.2, -0.15) is 0 Å². The number of hydrogen-bond donors (Lipinski definition) is 0. The molecule has 1 aromatic rings. The molecule has 3 rings (SSSR count). The van der Waals surface area contributed by atoms with Gasteiger partial charge in [0.25, 0.3) is 0 Å². The maximum absolute atomic E-state index is 11.2. The third kappa shape index (κ3) is 3.04. The summed E-state index contributed by atoms with van der Waals surface area (Å²) in [7, 11) is 1.58. The zero-order valence-electron chi connectivity index (χ0n) is 12.2. The quantitative estimate of drug-likeness (QED) is 0.797. The molecule has 0 aromatic heterocycles. The molecule has 2 saturated heterocycles. The number of carbonyl (C=O) groups excluding carboxylic acids is 1. The van der Waals surface area contributed by atoms with Crippen molar-refractivity contribution in [3.05, 3.63) is 23.8 Å². The predicted molar refractivity (Wildman–Crippen MR) is 76.2 cm³/mol. The van der Waals surface area contributed by atoms with E-state index < -0.39 is 0 Å². The molecule has 1 aromatic carbocycles. The van der Waals surface area contributed by atoms with Crippen molar-refractivity contribution in [3.63, 3.8) is 0 Å². The average molecular weight is 292 g/mol. The van der Waals surface area contributed by atoms with Crippen LogP contribution in [0.3, 0.4) is 0 Å². The normalized spacial score (nSPS) is 28.5. The third-order valence-electron chi connectivity index (χ3n) is 4.15. The molecule has 0 amide bonds. The number of rotatable bonds is 4. The Morgan fingerprint density at radius 1 is 1.38 bits per heavy atom. The van der Waals surface area contributed by atoms with Gasteiger partial charge in [0.1, 0.15) is 17.6 Å². The van der Waals surface area contributed by atoms with Crippen LogP contribution in [0, 0.1) is 0 Å². The molecule has 21 heavy (non-hydrogen) atoms. The van der Waals surface area contributed by atoms with Crippen molar-refractivity contribution in [1.29, 1.82) is 0 Å². The van der Waals surface area contributed by atoms with E-state index in [4.69, 9.17) is 18.9 Å². The standard InChI is InChI=1S/C16H20O5/c1-18-13-2-3-15(12(8-13)10-17)21-14-4-6-20-16(9-14)5-7-19-11-16/h2-3,8,10,14H,4-7,9,11H2,1H3. The first kappa shape index (κ1) is 14.4. The summed E-state index contributed by atoms with van der Waals surface area (Å²) >= 11 is 0. The lowest BCUT2D eigenvalue weighted by atomic mass is 9.91. The highest BCUT2D eigenvalue weighted by molar-refractivity contribution is 5.80. The molecule has 5 nitrogen and oxygen atoms in total. The first-order chi connectivity index (χ1) is 10.2. The molecule has 0 saturated carbocycles. The van der Waals surface area contributed by atoms with Gasteiger partial charge in [-0.15, -0.1) is 0 Å². The van der Waals surface area contributed by atoms with Crippen LogP contribution in [0.5, 0.6) is 11.5 Å². The average Bonchev–Trinajstić information content (AvgIpc) is 2.95. The fourth-order valence-corrected chi connectivity index (χ4v) is 2.98. The van der Waals surface area contributed by atoms with Gasteiger partial charge in [0.2, 0.25) is 0 Å². The van der Waals surface area contributed by atoms with Crippen LogP contribution in [-0.2, 0) is 9.47 Å². The Kier molecular flexibility index (Phi) is 4.12. The summed E-state index contributed by atoms with van der Waals surface area (Å²) in [6.45, 7) is 2.05. The molecular weight excluding hydrogens is 272 g/mol. The SMILES string of the molecule is COc1ccc(OC2CCOC3(CCOC3)C2)c(C=O)c1. The summed E-state index contributed by atoms with van der Waals surface area (Å²) in [5, 5.41) is 0. The van der Waals surface area contributed by atoms with Crippen LogP contribution < -0.4 is 9.47 Å². The van der Waals surface area contributed by atoms with Crippen LogP contribution in [0.25, 0.3) is 0 Å². The molecule has 2 unspecified atom stereocenters. The maximum Gasteiger partial charge on any atom is 0.153 e. The maximum atomic E-state index is 11.2. The van der Waals surface area contributed by atoms with Gasteiger partial charge in [-0.1, -0.05) is 0 Å². The molecule has 5 heteroatoms.